The molecule has 1 aliphatic rings. The van der Waals surface area contributed by atoms with Gasteiger partial charge in [-0.25, -0.2) is 9.97 Å². The molecule has 1 saturated heterocycles. The molecular weight excluding hydrogens is 368 g/mol. The molecule has 4 rings (SSSR count). The quantitative estimate of drug-likeness (QED) is 0.692. The summed E-state index contributed by atoms with van der Waals surface area (Å²) in [6.45, 7) is 8.23. The van der Waals surface area contributed by atoms with E-state index in [1.54, 1.807) is 12.4 Å². The number of ether oxygens (including phenoxy) is 1. The number of nitrogens with zero attached hydrogens (tertiary/aromatic N) is 4. The van der Waals surface area contributed by atoms with E-state index in [1.807, 2.05) is 42.6 Å². The van der Waals surface area contributed by atoms with Gasteiger partial charge in [0.25, 0.3) is 5.91 Å². The number of fused-ring (bicyclic) bond motifs is 1. The number of anilines is 2. The minimum absolute atomic E-state index is 0.249. The van der Waals surface area contributed by atoms with Gasteiger partial charge in [0.2, 0.25) is 0 Å². The van der Waals surface area contributed by atoms with Crippen molar-refractivity contribution in [2.75, 3.05) is 43.0 Å². The van der Waals surface area contributed by atoms with Crippen LogP contribution in [-0.4, -0.2) is 53.1 Å². The highest BCUT2D eigenvalue weighted by Crippen LogP contribution is 2.27. The molecule has 2 N–H and O–H groups in total. The summed E-state index contributed by atoms with van der Waals surface area (Å²) in [5.74, 6) is 0.797. The van der Waals surface area contributed by atoms with E-state index in [9.17, 15) is 4.79 Å². The second-order valence-electron chi connectivity index (χ2n) is 7.08. The van der Waals surface area contributed by atoms with E-state index in [-0.39, 0.29) is 5.91 Å². The summed E-state index contributed by atoms with van der Waals surface area (Å²) in [5.41, 5.74) is 3.20. The fourth-order valence-corrected chi connectivity index (χ4v) is 3.55. The SMILES string of the molecule is CCOc1cc(N2CCCNCC2)ccc1C(=O)Nc1cn2cc(C)nc2cn1. The van der Waals surface area contributed by atoms with Gasteiger partial charge in [0.15, 0.2) is 5.65 Å². The van der Waals surface area contributed by atoms with Crippen LogP contribution in [-0.2, 0) is 0 Å². The van der Waals surface area contributed by atoms with Crippen molar-refractivity contribution in [3.8, 4) is 5.75 Å². The second kappa shape index (κ2) is 8.48. The van der Waals surface area contributed by atoms with E-state index < -0.39 is 0 Å². The molecule has 0 saturated carbocycles. The summed E-state index contributed by atoms with van der Waals surface area (Å²) < 4.78 is 7.64. The first-order valence-corrected chi connectivity index (χ1v) is 9.99. The van der Waals surface area contributed by atoms with Crippen LogP contribution in [0.4, 0.5) is 11.5 Å². The Morgan fingerprint density at radius 1 is 1.28 bits per heavy atom. The van der Waals surface area contributed by atoms with E-state index in [0.717, 1.165) is 49.6 Å². The number of rotatable bonds is 5. The molecule has 0 unspecified atom stereocenters. The van der Waals surface area contributed by atoms with Crippen LogP contribution >= 0.6 is 0 Å². The van der Waals surface area contributed by atoms with Crippen LogP contribution < -0.4 is 20.3 Å². The van der Waals surface area contributed by atoms with E-state index in [1.165, 1.54) is 0 Å². The number of carbonyl (C=O) groups excluding carboxylic acids is 1. The highest BCUT2D eigenvalue weighted by Gasteiger charge is 2.17. The molecule has 3 aromatic rings. The van der Waals surface area contributed by atoms with Gasteiger partial charge in [0.1, 0.15) is 11.6 Å². The molecule has 1 aromatic carbocycles. The summed E-state index contributed by atoms with van der Waals surface area (Å²) >= 11 is 0. The summed E-state index contributed by atoms with van der Waals surface area (Å²) in [5, 5.41) is 6.27. The van der Waals surface area contributed by atoms with Gasteiger partial charge in [-0.15, -0.1) is 0 Å². The van der Waals surface area contributed by atoms with Crippen molar-refractivity contribution in [1.29, 1.82) is 0 Å². The molecule has 0 atom stereocenters. The van der Waals surface area contributed by atoms with Crippen molar-refractivity contribution in [2.24, 2.45) is 0 Å². The number of hydrogen-bond acceptors (Lipinski definition) is 6. The lowest BCUT2D eigenvalue weighted by Crippen LogP contribution is -2.28. The molecule has 3 heterocycles. The van der Waals surface area contributed by atoms with Gasteiger partial charge in [-0.1, -0.05) is 0 Å². The van der Waals surface area contributed by atoms with Crippen molar-refractivity contribution >= 4 is 23.1 Å². The molecule has 0 radical (unpaired) electrons. The van der Waals surface area contributed by atoms with Crippen molar-refractivity contribution in [3.63, 3.8) is 0 Å². The Kier molecular flexibility index (Phi) is 5.62. The van der Waals surface area contributed by atoms with Crippen molar-refractivity contribution in [2.45, 2.75) is 20.3 Å². The zero-order valence-corrected chi connectivity index (χ0v) is 16.8. The Balaban J connectivity index is 1.57. The zero-order chi connectivity index (χ0) is 20.2. The first-order chi connectivity index (χ1) is 14.1. The highest BCUT2D eigenvalue weighted by molar-refractivity contribution is 6.06. The summed E-state index contributed by atoms with van der Waals surface area (Å²) in [6.07, 6.45) is 6.38. The summed E-state index contributed by atoms with van der Waals surface area (Å²) in [6, 6.07) is 5.77. The van der Waals surface area contributed by atoms with Gasteiger partial charge in [-0.05, 0) is 38.9 Å². The largest absolute Gasteiger partial charge is 0.493 e. The lowest BCUT2D eigenvalue weighted by Gasteiger charge is -2.23. The van der Waals surface area contributed by atoms with E-state index >= 15 is 0 Å². The first-order valence-electron chi connectivity index (χ1n) is 9.99. The molecule has 152 valence electrons. The van der Waals surface area contributed by atoms with Crippen molar-refractivity contribution < 1.29 is 9.53 Å². The third-order valence-electron chi connectivity index (χ3n) is 4.92. The fraction of sp³-hybridized carbons (Fsp3) is 0.381. The average molecular weight is 394 g/mol. The number of amides is 1. The van der Waals surface area contributed by atoms with Gasteiger partial charge < -0.3 is 24.7 Å². The molecular formula is C21H26N6O2. The maximum Gasteiger partial charge on any atom is 0.260 e. The molecule has 0 spiro atoms. The maximum atomic E-state index is 12.9. The number of benzene rings is 1. The van der Waals surface area contributed by atoms with Gasteiger partial charge in [-0.3, -0.25) is 4.79 Å². The van der Waals surface area contributed by atoms with Crippen molar-refractivity contribution in [3.05, 3.63) is 48.0 Å². The molecule has 0 aliphatic carbocycles. The maximum absolute atomic E-state index is 12.9. The number of imidazole rings is 1. The topological polar surface area (TPSA) is 83.8 Å². The Bertz CT molecular complexity index is 1010. The normalized spacial score (nSPS) is 14.6. The van der Waals surface area contributed by atoms with Crippen molar-refractivity contribution in [1.82, 2.24) is 19.7 Å². The first kappa shape index (κ1) is 19.2. The Morgan fingerprint density at radius 3 is 3.03 bits per heavy atom. The Hall–Kier alpha value is -3.13. The third-order valence-corrected chi connectivity index (χ3v) is 4.92. The number of nitrogens with one attached hydrogen (secondary N) is 2. The molecule has 29 heavy (non-hydrogen) atoms. The van der Waals surface area contributed by atoms with Gasteiger partial charge in [0.05, 0.1) is 30.3 Å². The van der Waals surface area contributed by atoms with Crippen LogP contribution in [0.25, 0.3) is 5.65 Å². The van der Waals surface area contributed by atoms with Crippen LogP contribution in [0.3, 0.4) is 0 Å². The molecule has 0 bridgehead atoms. The van der Waals surface area contributed by atoms with Crippen LogP contribution in [0.1, 0.15) is 29.4 Å². The predicted molar refractivity (Wildman–Crippen MR) is 113 cm³/mol. The van der Waals surface area contributed by atoms with E-state index in [4.69, 9.17) is 4.74 Å². The summed E-state index contributed by atoms with van der Waals surface area (Å²) in [7, 11) is 0. The lowest BCUT2D eigenvalue weighted by molar-refractivity contribution is 0.102. The predicted octanol–water partition coefficient (Wildman–Crippen LogP) is 2.49. The summed E-state index contributed by atoms with van der Waals surface area (Å²) in [4.78, 5) is 23.9. The Labute approximate surface area is 169 Å². The minimum Gasteiger partial charge on any atom is -0.493 e. The molecule has 8 heteroatoms. The van der Waals surface area contributed by atoms with E-state index in [0.29, 0.717) is 23.7 Å². The van der Waals surface area contributed by atoms with Crippen LogP contribution in [0, 0.1) is 6.92 Å². The molecule has 1 aliphatic heterocycles. The minimum atomic E-state index is -0.249. The molecule has 2 aromatic heterocycles. The van der Waals surface area contributed by atoms with E-state index in [2.05, 4.69) is 25.5 Å². The third kappa shape index (κ3) is 4.32. The standard InChI is InChI=1S/C21H26N6O2/c1-3-29-18-11-16(26-9-4-7-22-8-10-26)5-6-17(18)21(28)25-19-14-27-13-15(2)24-20(27)12-23-19/h5-6,11-14,22H,3-4,7-10H2,1-2H3,(H,25,28). The molecule has 1 fully saturated rings. The van der Waals surface area contributed by atoms with Gasteiger partial charge >= 0.3 is 0 Å². The zero-order valence-electron chi connectivity index (χ0n) is 16.8. The molecule has 8 nitrogen and oxygen atoms in total. The van der Waals surface area contributed by atoms with Gasteiger partial charge in [-0.2, -0.15) is 0 Å². The second-order valence-corrected chi connectivity index (χ2v) is 7.08. The lowest BCUT2D eigenvalue weighted by atomic mass is 10.1. The molecule has 1 amide bonds. The smallest absolute Gasteiger partial charge is 0.260 e. The number of carbonyl (C=O) groups is 1. The number of aromatic nitrogens is 3. The monoisotopic (exact) mass is 394 g/mol. The number of hydrogen-bond donors (Lipinski definition) is 2. The van der Waals surface area contributed by atoms with Gasteiger partial charge in [0, 0.05) is 37.6 Å². The average Bonchev–Trinajstić information content (AvgIpc) is 2.90. The van der Waals surface area contributed by atoms with Crippen LogP contribution in [0.15, 0.2) is 36.8 Å². The van der Waals surface area contributed by atoms with Crippen LogP contribution in [0.2, 0.25) is 0 Å². The Morgan fingerprint density at radius 2 is 2.17 bits per heavy atom. The fourth-order valence-electron chi connectivity index (χ4n) is 3.55. The highest BCUT2D eigenvalue weighted by atomic mass is 16.5. The van der Waals surface area contributed by atoms with Crippen LogP contribution in [0.5, 0.6) is 5.75 Å². The number of aryl methyl sites for hydroxylation is 1.